The van der Waals surface area contributed by atoms with E-state index >= 15 is 0 Å². The van der Waals surface area contributed by atoms with Gasteiger partial charge in [0.05, 0.1) is 6.04 Å². The van der Waals surface area contributed by atoms with Crippen LogP contribution in [0.3, 0.4) is 0 Å². The van der Waals surface area contributed by atoms with Crippen molar-refractivity contribution in [1.29, 1.82) is 0 Å². The standard InChI is InChI=1S/C21H24N4O4/c26-19-17-11-13-12-5-1-2-6-14(12)23-18(13)15(7-3-9-22-21(28)29)25(17)20(27)16-8-4-10-24(16)19/h1-2,5-6,15-17,22-23H,3-4,7-11H2,(H,28,29)/t15-,16+,17+/m1/s1. The summed E-state index contributed by atoms with van der Waals surface area (Å²) in [4.78, 5) is 44.5. The fraction of sp³-hybridized carbons (Fsp3) is 0.476. The molecule has 2 fully saturated rings. The van der Waals surface area contributed by atoms with Crippen molar-refractivity contribution in [2.45, 2.75) is 50.2 Å². The molecular formula is C21H24N4O4. The first-order chi connectivity index (χ1) is 14.1. The summed E-state index contributed by atoms with van der Waals surface area (Å²) in [5.41, 5.74) is 3.11. The van der Waals surface area contributed by atoms with Crippen LogP contribution in [0.4, 0.5) is 4.79 Å². The maximum absolute atomic E-state index is 13.4. The number of carbonyl (C=O) groups excluding carboxylic acids is 2. The van der Waals surface area contributed by atoms with E-state index in [1.165, 1.54) is 0 Å². The number of hydrogen-bond donors (Lipinski definition) is 3. The summed E-state index contributed by atoms with van der Waals surface area (Å²) in [7, 11) is 0. The number of H-pyrrole nitrogens is 1. The molecule has 0 unspecified atom stereocenters. The highest BCUT2D eigenvalue weighted by Crippen LogP contribution is 2.43. The first kappa shape index (κ1) is 18.0. The molecule has 2 saturated heterocycles. The number of nitrogens with one attached hydrogen (secondary N) is 2. The van der Waals surface area contributed by atoms with E-state index in [2.05, 4.69) is 16.4 Å². The van der Waals surface area contributed by atoms with Gasteiger partial charge in [-0.1, -0.05) is 18.2 Å². The summed E-state index contributed by atoms with van der Waals surface area (Å²) >= 11 is 0. The normalized spacial score (nSPS) is 25.7. The van der Waals surface area contributed by atoms with Gasteiger partial charge in [-0.3, -0.25) is 9.59 Å². The monoisotopic (exact) mass is 396 g/mol. The van der Waals surface area contributed by atoms with Crippen LogP contribution in [0.25, 0.3) is 10.9 Å². The number of hydrogen-bond acceptors (Lipinski definition) is 3. The lowest BCUT2D eigenvalue weighted by Crippen LogP contribution is -2.65. The smallest absolute Gasteiger partial charge is 0.404 e. The highest BCUT2D eigenvalue weighted by Gasteiger charge is 2.52. The molecule has 0 aliphatic carbocycles. The molecule has 3 amide bonds. The number of carboxylic acid groups (broad SMARTS) is 1. The summed E-state index contributed by atoms with van der Waals surface area (Å²) < 4.78 is 0. The molecule has 8 heteroatoms. The van der Waals surface area contributed by atoms with Crippen molar-refractivity contribution in [3.05, 3.63) is 35.5 Å². The van der Waals surface area contributed by atoms with Gasteiger partial charge in [-0.25, -0.2) is 4.79 Å². The molecule has 3 N–H and O–H groups in total. The lowest BCUT2D eigenvalue weighted by atomic mass is 9.86. The first-order valence-corrected chi connectivity index (χ1v) is 10.2. The predicted molar refractivity (Wildman–Crippen MR) is 105 cm³/mol. The quantitative estimate of drug-likeness (QED) is 0.688. The second kappa shape index (κ2) is 6.79. The van der Waals surface area contributed by atoms with Crippen molar-refractivity contribution in [3.8, 4) is 0 Å². The highest BCUT2D eigenvalue weighted by atomic mass is 16.4. The minimum atomic E-state index is -1.05. The molecule has 0 bridgehead atoms. The van der Waals surface area contributed by atoms with E-state index in [4.69, 9.17) is 5.11 Å². The fourth-order valence-electron chi connectivity index (χ4n) is 5.31. The summed E-state index contributed by atoms with van der Waals surface area (Å²) in [6, 6.07) is 6.96. The van der Waals surface area contributed by atoms with Crippen molar-refractivity contribution in [1.82, 2.24) is 20.1 Å². The molecule has 1 aromatic heterocycles. The Morgan fingerprint density at radius 1 is 1.21 bits per heavy atom. The van der Waals surface area contributed by atoms with Gasteiger partial charge in [-0.2, -0.15) is 0 Å². The van der Waals surface area contributed by atoms with Crippen LogP contribution in [0.1, 0.15) is 43.0 Å². The molecule has 3 aliphatic heterocycles. The third kappa shape index (κ3) is 2.77. The van der Waals surface area contributed by atoms with Gasteiger partial charge in [0.2, 0.25) is 11.8 Å². The molecule has 3 aliphatic rings. The van der Waals surface area contributed by atoms with Gasteiger partial charge >= 0.3 is 6.09 Å². The molecule has 0 spiro atoms. The van der Waals surface area contributed by atoms with Gasteiger partial charge in [0.15, 0.2) is 0 Å². The number of para-hydroxylation sites is 1. The summed E-state index contributed by atoms with van der Waals surface area (Å²) in [5, 5.41) is 12.3. The van der Waals surface area contributed by atoms with Gasteiger partial charge in [-0.15, -0.1) is 0 Å². The van der Waals surface area contributed by atoms with Gasteiger partial charge in [0.1, 0.15) is 12.1 Å². The number of carbonyl (C=O) groups is 3. The molecule has 0 saturated carbocycles. The Kier molecular flexibility index (Phi) is 4.22. The van der Waals surface area contributed by atoms with Crippen LogP contribution in [-0.2, 0) is 16.0 Å². The Balaban J connectivity index is 1.54. The van der Waals surface area contributed by atoms with Crippen LogP contribution in [0.2, 0.25) is 0 Å². The minimum absolute atomic E-state index is 0.0348. The average Bonchev–Trinajstić information content (AvgIpc) is 3.34. The molecule has 5 rings (SSSR count). The van der Waals surface area contributed by atoms with Crippen molar-refractivity contribution < 1.29 is 19.5 Å². The molecule has 3 atom stereocenters. The Morgan fingerprint density at radius 2 is 2.03 bits per heavy atom. The van der Waals surface area contributed by atoms with E-state index in [-0.39, 0.29) is 23.9 Å². The minimum Gasteiger partial charge on any atom is -0.465 e. The zero-order chi connectivity index (χ0) is 20.1. The number of rotatable bonds is 4. The van der Waals surface area contributed by atoms with E-state index in [0.29, 0.717) is 32.4 Å². The van der Waals surface area contributed by atoms with Gasteiger partial charge < -0.3 is 25.2 Å². The van der Waals surface area contributed by atoms with E-state index in [1.54, 1.807) is 9.80 Å². The van der Waals surface area contributed by atoms with E-state index in [0.717, 1.165) is 35.0 Å². The number of fused-ring (bicyclic) bond motifs is 5. The Labute approximate surface area is 167 Å². The summed E-state index contributed by atoms with van der Waals surface area (Å²) in [6.07, 6.45) is 2.25. The molecule has 1 aromatic carbocycles. The van der Waals surface area contributed by atoms with Crippen molar-refractivity contribution in [3.63, 3.8) is 0 Å². The van der Waals surface area contributed by atoms with Crippen molar-refractivity contribution >= 4 is 28.8 Å². The molecule has 0 radical (unpaired) electrons. The first-order valence-electron chi connectivity index (χ1n) is 10.2. The van der Waals surface area contributed by atoms with E-state index in [9.17, 15) is 14.4 Å². The number of benzene rings is 1. The summed E-state index contributed by atoms with van der Waals surface area (Å²) in [6.45, 7) is 0.977. The molecule has 4 heterocycles. The Bertz CT molecular complexity index is 1000. The van der Waals surface area contributed by atoms with Crippen LogP contribution >= 0.6 is 0 Å². The highest BCUT2D eigenvalue weighted by molar-refractivity contribution is 5.99. The lowest BCUT2D eigenvalue weighted by Gasteiger charge is -2.48. The van der Waals surface area contributed by atoms with Crippen LogP contribution in [0.15, 0.2) is 24.3 Å². The summed E-state index contributed by atoms with van der Waals surface area (Å²) in [5.74, 6) is 0.0873. The van der Waals surface area contributed by atoms with E-state index in [1.807, 2.05) is 18.2 Å². The van der Waals surface area contributed by atoms with Crippen LogP contribution < -0.4 is 5.32 Å². The fourth-order valence-corrected chi connectivity index (χ4v) is 5.31. The number of aromatic amines is 1. The maximum Gasteiger partial charge on any atom is 0.404 e. The largest absolute Gasteiger partial charge is 0.465 e. The molecule has 29 heavy (non-hydrogen) atoms. The predicted octanol–water partition coefficient (Wildman–Crippen LogP) is 2.01. The number of nitrogens with zero attached hydrogens (tertiary/aromatic N) is 2. The Morgan fingerprint density at radius 3 is 2.86 bits per heavy atom. The second-order valence-electron chi connectivity index (χ2n) is 8.11. The van der Waals surface area contributed by atoms with Crippen molar-refractivity contribution in [2.75, 3.05) is 13.1 Å². The molecule has 2 aromatic rings. The average molecular weight is 396 g/mol. The van der Waals surface area contributed by atoms with Crippen LogP contribution in [-0.4, -0.2) is 63.0 Å². The maximum atomic E-state index is 13.4. The van der Waals surface area contributed by atoms with E-state index < -0.39 is 12.1 Å². The molecule has 8 nitrogen and oxygen atoms in total. The van der Waals surface area contributed by atoms with Crippen molar-refractivity contribution in [2.24, 2.45) is 0 Å². The third-order valence-electron chi connectivity index (χ3n) is 6.54. The molecular weight excluding hydrogens is 372 g/mol. The number of amides is 3. The number of piperazine rings is 1. The van der Waals surface area contributed by atoms with Gasteiger partial charge in [0, 0.05) is 36.1 Å². The zero-order valence-electron chi connectivity index (χ0n) is 16.1. The van der Waals surface area contributed by atoms with Gasteiger partial charge in [0.25, 0.3) is 0 Å². The topological polar surface area (TPSA) is 106 Å². The van der Waals surface area contributed by atoms with Crippen LogP contribution in [0, 0.1) is 0 Å². The second-order valence-corrected chi connectivity index (χ2v) is 8.11. The molecule has 152 valence electrons. The lowest BCUT2D eigenvalue weighted by molar-refractivity contribution is -0.163. The third-order valence-corrected chi connectivity index (χ3v) is 6.54. The number of aromatic nitrogens is 1. The SMILES string of the molecule is O=C(O)NCCC[C@@H]1c2[nH]c3ccccc3c2C[C@H]2C(=O)N3CCC[C@H]3C(=O)N12. The van der Waals surface area contributed by atoms with Gasteiger partial charge in [-0.05, 0) is 37.3 Å². The zero-order valence-corrected chi connectivity index (χ0v) is 16.1. The Hall–Kier alpha value is -3.03. The van der Waals surface area contributed by atoms with Crippen LogP contribution in [0.5, 0.6) is 0 Å².